The summed E-state index contributed by atoms with van der Waals surface area (Å²) in [5, 5.41) is 12.2. The first-order valence-corrected chi connectivity index (χ1v) is 18.7. The van der Waals surface area contributed by atoms with Crippen LogP contribution in [0.25, 0.3) is 10.9 Å². The van der Waals surface area contributed by atoms with E-state index in [2.05, 4.69) is 37.9 Å². The third-order valence-corrected chi connectivity index (χ3v) is 9.35. The molecule has 0 bridgehead atoms. The van der Waals surface area contributed by atoms with Crippen LogP contribution in [0.2, 0.25) is 0 Å². The maximum absolute atomic E-state index is 14.3. The summed E-state index contributed by atoms with van der Waals surface area (Å²) in [4.78, 5) is 65.6. The average Bonchev–Trinajstić information content (AvgIpc) is 3.18. The normalized spacial score (nSPS) is 18.9. The number of nitrogens with one attached hydrogen (secondary N) is 4. The summed E-state index contributed by atoms with van der Waals surface area (Å²) >= 11 is 0. The number of pyridine rings is 1. The number of hydrogen-bond acceptors (Lipinski definition) is 12. The topological polar surface area (TPSA) is 185 Å². The average molecular weight is 785 g/mol. The van der Waals surface area contributed by atoms with Crippen LogP contribution in [-0.4, -0.2) is 105 Å². The zero-order chi connectivity index (χ0) is 41.1. The number of anilines is 2. The number of ether oxygens (including phenoxy) is 4. The molecule has 0 saturated carbocycles. The van der Waals surface area contributed by atoms with Crippen LogP contribution in [0.4, 0.5) is 25.8 Å². The largest absolute Gasteiger partial charge is 0.453 e. The molecule has 16 nitrogen and oxygen atoms in total. The first-order chi connectivity index (χ1) is 27.2. The number of amides is 4. The van der Waals surface area contributed by atoms with Crippen molar-refractivity contribution < 1.29 is 38.1 Å². The lowest BCUT2D eigenvalue weighted by atomic mass is 9.89. The number of methoxy groups -OCH3 is 1. The Bertz CT molecular complexity index is 1990. The number of aliphatic imine (C=N–C) groups is 1. The predicted molar refractivity (Wildman–Crippen MR) is 217 cm³/mol. The lowest BCUT2D eigenvalue weighted by Crippen LogP contribution is -2.64. The van der Waals surface area contributed by atoms with Crippen LogP contribution in [0.3, 0.4) is 0 Å². The Morgan fingerprint density at radius 1 is 1.00 bits per heavy atom. The lowest BCUT2D eigenvalue weighted by Gasteiger charge is -2.44. The van der Waals surface area contributed by atoms with Gasteiger partial charge >= 0.3 is 18.3 Å². The van der Waals surface area contributed by atoms with Crippen molar-refractivity contribution in [2.24, 2.45) is 10.9 Å². The van der Waals surface area contributed by atoms with E-state index in [-0.39, 0.29) is 30.5 Å². The van der Waals surface area contributed by atoms with Crippen LogP contribution >= 0.6 is 0 Å². The molecule has 5 rings (SSSR count). The molecule has 57 heavy (non-hydrogen) atoms. The Kier molecular flexibility index (Phi) is 14.1. The van der Waals surface area contributed by atoms with Gasteiger partial charge in [0.15, 0.2) is 5.69 Å². The molecule has 2 aromatic carbocycles. The number of rotatable bonds is 11. The molecule has 1 aromatic heterocycles. The highest BCUT2D eigenvalue weighted by atomic mass is 16.6. The predicted octanol–water partition coefficient (Wildman–Crippen LogP) is 5.57. The van der Waals surface area contributed by atoms with Crippen LogP contribution in [-0.2, 0) is 25.6 Å². The first kappa shape index (κ1) is 42.0. The van der Waals surface area contributed by atoms with Gasteiger partial charge in [-0.25, -0.2) is 19.4 Å². The number of carbonyl (C=O) groups excluding carboxylic acids is 4. The van der Waals surface area contributed by atoms with Crippen molar-refractivity contribution in [3.05, 3.63) is 89.5 Å². The number of piperidine rings is 1. The van der Waals surface area contributed by atoms with Gasteiger partial charge in [-0.2, -0.15) is 0 Å². The molecule has 4 N–H and O–H groups in total. The van der Waals surface area contributed by atoms with Gasteiger partial charge in [-0.3, -0.25) is 15.1 Å². The summed E-state index contributed by atoms with van der Waals surface area (Å²) in [7, 11) is 1.27. The highest BCUT2D eigenvalue weighted by Gasteiger charge is 2.38. The van der Waals surface area contributed by atoms with E-state index in [0.29, 0.717) is 55.1 Å². The summed E-state index contributed by atoms with van der Waals surface area (Å²) in [5.74, 6) is -0.817. The van der Waals surface area contributed by atoms with Gasteiger partial charge in [0.25, 0.3) is 5.91 Å². The van der Waals surface area contributed by atoms with Gasteiger partial charge in [0.05, 0.1) is 49.3 Å². The van der Waals surface area contributed by atoms with E-state index < -0.39 is 41.9 Å². The number of likely N-dealkylation sites (tertiary alicyclic amines) is 1. The zero-order valence-corrected chi connectivity index (χ0v) is 33.3. The Morgan fingerprint density at radius 3 is 2.42 bits per heavy atom. The van der Waals surface area contributed by atoms with Gasteiger partial charge in [-0.1, -0.05) is 43.3 Å². The first-order valence-electron chi connectivity index (χ1n) is 18.7. The molecule has 0 radical (unpaired) electrons. The molecule has 304 valence electrons. The summed E-state index contributed by atoms with van der Waals surface area (Å²) in [6.07, 6.45) is 1.13. The Morgan fingerprint density at radius 2 is 1.74 bits per heavy atom. The quantitative estimate of drug-likeness (QED) is 0.108. The molecule has 4 amide bonds. The second kappa shape index (κ2) is 19.1. The van der Waals surface area contributed by atoms with E-state index in [4.69, 9.17) is 23.9 Å². The van der Waals surface area contributed by atoms with Crippen molar-refractivity contribution in [1.82, 2.24) is 25.8 Å². The third kappa shape index (κ3) is 11.7. The molecular formula is C41H52N8O8. The summed E-state index contributed by atoms with van der Waals surface area (Å²) in [5.41, 5.74) is 2.62. The van der Waals surface area contributed by atoms with Gasteiger partial charge in [-0.05, 0) is 70.2 Å². The van der Waals surface area contributed by atoms with E-state index >= 15 is 0 Å². The van der Waals surface area contributed by atoms with Crippen LogP contribution in [0.5, 0.6) is 0 Å². The number of nitrogens with zero attached hydrogens (tertiary/aromatic N) is 4. The standard InChI is InChI=1S/C41H52N8O8/c1-26-23-49(24-33(35(26)47-38(51)54-7)46-40(53)57-41(3,4)5)34(15-16-42-6)27(2)43-37(50)36-32(45-39(52)56-25-28-11-9-8-10-12-28)21-29-13-14-30(22-31(29)44-36)48-17-19-55-20-18-48/h8-16,21-22,26,33,35H,6,17-20,23-25H2,1-5,7H3,(H,43,50)(H,45,52)(H,46,53)(H,47,51)/b16-15-,34-27-/t26-,33+,35-/m0/s1. The van der Waals surface area contributed by atoms with Crippen molar-refractivity contribution in [3.63, 3.8) is 0 Å². The second-order valence-corrected chi connectivity index (χ2v) is 14.8. The molecule has 3 heterocycles. The molecule has 2 aliphatic rings. The van der Waals surface area contributed by atoms with Crippen molar-refractivity contribution in [3.8, 4) is 0 Å². The second-order valence-electron chi connectivity index (χ2n) is 14.8. The molecular weight excluding hydrogens is 732 g/mol. The lowest BCUT2D eigenvalue weighted by molar-refractivity contribution is 0.0430. The van der Waals surface area contributed by atoms with Crippen molar-refractivity contribution in [1.29, 1.82) is 0 Å². The Labute approximate surface area is 332 Å². The van der Waals surface area contributed by atoms with Gasteiger partial charge in [0.1, 0.15) is 12.2 Å². The Balaban J connectivity index is 1.47. The number of carbonyl (C=O) groups is 4. The molecule has 0 aliphatic carbocycles. The SMILES string of the molecule is C=N/C=C\C(=C(/C)NC(=O)c1nc2cc(N3CCOCC3)ccc2cc1NC(=O)OCc1ccccc1)N1C[C@H](C)[C@H](NC(=O)OC)[C@H](NC(=O)OC(C)(C)C)C1. The van der Waals surface area contributed by atoms with Crippen LogP contribution in [0.15, 0.2) is 83.3 Å². The zero-order valence-electron chi connectivity index (χ0n) is 33.3. The minimum Gasteiger partial charge on any atom is -0.453 e. The summed E-state index contributed by atoms with van der Waals surface area (Å²) in [6, 6.07) is 15.6. The number of allylic oxidation sites excluding steroid dienone is 2. The van der Waals surface area contributed by atoms with Crippen LogP contribution in [0.1, 0.15) is 50.7 Å². The molecule has 2 saturated heterocycles. The highest BCUT2D eigenvalue weighted by molar-refractivity contribution is 6.05. The van der Waals surface area contributed by atoms with Gasteiger partial charge in [0.2, 0.25) is 0 Å². The monoisotopic (exact) mass is 784 g/mol. The number of alkyl carbamates (subject to hydrolysis) is 2. The highest BCUT2D eigenvalue weighted by Crippen LogP contribution is 2.28. The summed E-state index contributed by atoms with van der Waals surface area (Å²) in [6.45, 7) is 15.8. The third-order valence-electron chi connectivity index (χ3n) is 9.35. The molecule has 16 heteroatoms. The fraction of sp³-hybridized carbons (Fsp3) is 0.415. The van der Waals surface area contributed by atoms with Crippen molar-refractivity contribution in [2.75, 3.05) is 56.7 Å². The minimum atomic E-state index is -0.757. The molecule has 3 atom stereocenters. The van der Waals surface area contributed by atoms with E-state index in [1.54, 1.807) is 39.8 Å². The fourth-order valence-electron chi connectivity index (χ4n) is 6.71. The molecule has 3 aromatic rings. The number of aromatic nitrogens is 1. The maximum Gasteiger partial charge on any atom is 0.412 e. The molecule has 0 spiro atoms. The van der Waals surface area contributed by atoms with Crippen LogP contribution < -0.4 is 26.2 Å². The van der Waals surface area contributed by atoms with E-state index in [1.165, 1.54) is 13.3 Å². The smallest absolute Gasteiger partial charge is 0.412 e. The number of morpholine rings is 1. The van der Waals surface area contributed by atoms with E-state index in [0.717, 1.165) is 11.3 Å². The van der Waals surface area contributed by atoms with Crippen LogP contribution in [0, 0.1) is 5.92 Å². The molecule has 2 fully saturated rings. The number of benzene rings is 2. The molecule has 2 aliphatic heterocycles. The van der Waals surface area contributed by atoms with Gasteiger partial charge < -0.3 is 44.7 Å². The maximum atomic E-state index is 14.3. The minimum absolute atomic E-state index is 0.0288. The number of fused-ring (bicyclic) bond motifs is 1. The van der Waals surface area contributed by atoms with Crippen molar-refractivity contribution in [2.45, 2.75) is 58.9 Å². The molecule has 0 unspecified atom stereocenters. The van der Waals surface area contributed by atoms with Gasteiger partial charge in [0, 0.05) is 49.1 Å². The number of hydrogen-bond donors (Lipinski definition) is 4. The Hall–Kier alpha value is -6.16. The van der Waals surface area contributed by atoms with E-state index in [1.807, 2.05) is 60.4 Å². The van der Waals surface area contributed by atoms with Gasteiger partial charge in [-0.15, -0.1) is 0 Å². The summed E-state index contributed by atoms with van der Waals surface area (Å²) < 4.78 is 21.4. The van der Waals surface area contributed by atoms with Crippen molar-refractivity contribution >= 4 is 53.2 Å². The van der Waals surface area contributed by atoms with E-state index in [9.17, 15) is 19.2 Å². The fourth-order valence-corrected chi connectivity index (χ4v) is 6.71.